The lowest BCUT2D eigenvalue weighted by molar-refractivity contribution is 0.0529. The Bertz CT molecular complexity index is 793. The zero-order valence-electron chi connectivity index (χ0n) is 15.8. The highest BCUT2D eigenvalue weighted by atomic mass is 32.1. The van der Waals surface area contributed by atoms with E-state index in [0.717, 1.165) is 34.4 Å². The van der Waals surface area contributed by atoms with E-state index in [2.05, 4.69) is 15.4 Å². The summed E-state index contributed by atoms with van der Waals surface area (Å²) >= 11 is 1.54. The third-order valence-electron chi connectivity index (χ3n) is 3.71. The Hall–Kier alpha value is -2.45. The van der Waals surface area contributed by atoms with Gasteiger partial charge in [-0.25, -0.2) is 15.2 Å². The normalized spacial score (nSPS) is 15.1. The van der Waals surface area contributed by atoms with E-state index in [0.29, 0.717) is 13.2 Å². The molecular weight excluding hydrogens is 364 g/mol. The van der Waals surface area contributed by atoms with Crippen molar-refractivity contribution in [2.45, 2.75) is 26.4 Å². The Balaban J connectivity index is 1.80. The number of carbonyl (C=O) groups excluding carboxylic acids is 1. The zero-order valence-corrected chi connectivity index (χ0v) is 16.6. The predicted molar refractivity (Wildman–Crippen MR) is 108 cm³/mol. The number of nitrogens with zero attached hydrogens (tertiary/aromatic N) is 3. The fraction of sp³-hybridized carbons (Fsp3) is 0.421. The van der Waals surface area contributed by atoms with E-state index in [9.17, 15) is 4.79 Å². The number of aromatic nitrogens is 1. The smallest absolute Gasteiger partial charge is 0.428 e. The summed E-state index contributed by atoms with van der Waals surface area (Å²) < 4.78 is 10.6. The second-order valence-electron chi connectivity index (χ2n) is 7.05. The number of thiazole rings is 1. The molecule has 0 bridgehead atoms. The molecule has 3 rings (SSSR count). The molecule has 0 unspecified atom stereocenters. The molecule has 144 valence electrons. The van der Waals surface area contributed by atoms with Crippen molar-refractivity contribution in [3.63, 3.8) is 0 Å². The van der Waals surface area contributed by atoms with Crippen molar-refractivity contribution in [2.24, 2.45) is 5.10 Å². The highest BCUT2D eigenvalue weighted by molar-refractivity contribution is 7.17. The van der Waals surface area contributed by atoms with Crippen molar-refractivity contribution in [1.29, 1.82) is 0 Å². The van der Waals surface area contributed by atoms with Crippen molar-refractivity contribution in [2.75, 3.05) is 31.2 Å². The first-order valence-corrected chi connectivity index (χ1v) is 9.65. The lowest BCUT2D eigenvalue weighted by Crippen LogP contribution is -2.36. The maximum absolute atomic E-state index is 11.8. The molecule has 1 amide bonds. The molecule has 0 saturated carbocycles. The van der Waals surface area contributed by atoms with E-state index in [4.69, 9.17) is 14.5 Å². The van der Waals surface area contributed by atoms with Gasteiger partial charge in [0.15, 0.2) is 5.13 Å². The van der Waals surface area contributed by atoms with Gasteiger partial charge in [-0.2, -0.15) is 5.10 Å². The summed E-state index contributed by atoms with van der Waals surface area (Å²) in [6, 6.07) is 9.94. The first kappa shape index (κ1) is 19.3. The number of anilines is 1. The molecule has 1 aromatic heterocycles. The minimum atomic E-state index is -0.585. The lowest BCUT2D eigenvalue weighted by atomic mass is 10.1. The molecule has 27 heavy (non-hydrogen) atoms. The number of nitrogens with one attached hydrogen (secondary N) is 1. The molecule has 7 nitrogen and oxygen atoms in total. The van der Waals surface area contributed by atoms with Crippen LogP contribution in [0.3, 0.4) is 0 Å². The van der Waals surface area contributed by atoms with Gasteiger partial charge >= 0.3 is 6.09 Å². The van der Waals surface area contributed by atoms with Crippen LogP contribution >= 0.6 is 11.3 Å². The molecule has 0 aliphatic carbocycles. The number of rotatable bonds is 4. The van der Waals surface area contributed by atoms with E-state index < -0.39 is 11.7 Å². The summed E-state index contributed by atoms with van der Waals surface area (Å²) in [5.41, 5.74) is 3.69. The first-order valence-electron chi connectivity index (χ1n) is 8.83. The molecular formula is C19H24N4O3S. The van der Waals surface area contributed by atoms with Gasteiger partial charge in [0.2, 0.25) is 0 Å². The van der Waals surface area contributed by atoms with Crippen LogP contribution in [0.2, 0.25) is 0 Å². The number of carbonyl (C=O) groups is 1. The summed E-state index contributed by atoms with van der Waals surface area (Å²) in [5, 5.41) is 4.97. The summed E-state index contributed by atoms with van der Waals surface area (Å²) in [6.45, 7) is 8.45. The van der Waals surface area contributed by atoms with Crippen LogP contribution in [0.15, 0.2) is 35.4 Å². The number of hydrazone groups is 1. The van der Waals surface area contributed by atoms with Crippen LogP contribution < -0.4 is 10.3 Å². The van der Waals surface area contributed by atoms with Crippen LogP contribution in [0.5, 0.6) is 0 Å². The standard InChI is InChI=1S/C19H24N4O3S/c1-19(2,3)26-18(24)22-20-13-15-16(14-7-5-4-6-8-14)21-17(27-15)23-9-11-25-12-10-23/h4-8,13H,9-12H2,1-3H3,(H,22,24)/b20-13-. The van der Waals surface area contributed by atoms with Gasteiger partial charge in [-0.15, -0.1) is 0 Å². The lowest BCUT2D eigenvalue weighted by Gasteiger charge is -2.26. The maximum Gasteiger partial charge on any atom is 0.428 e. The minimum absolute atomic E-state index is 0.567. The molecule has 0 atom stereocenters. The van der Waals surface area contributed by atoms with Crippen LogP contribution in [-0.4, -0.2) is 49.2 Å². The molecule has 2 aromatic rings. The first-order chi connectivity index (χ1) is 12.9. The molecule has 1 aliphatic heterocycles. The molecule has 8 heteroatoms. The minimum Gasteiger partial charge on any atom is -0.443 e. The number of hydrogen-bond acceptors (Lipinski definition) is 7. The van der Waals surface area contributed by atoms with Gasteiger partial charge in [-0.1, -0.05) is 41.7 Å². The average Bonchev–Trinajstić information content (AvgIpc) is 3.06. The third kappa shape index (κ3) is 5.51. The molecule has 1 N–H and O–H groups in total. The molecule has 1 fully saturated rings. The number of amides is 1. The molecule has 0 radical (unpaired) electrons. The molecule has 1 aromatic carbocycles. The van der Waals surface area contributed by atoms with E-state index in [1.165, 1.54) is 0 Å². The van der Waals surface area contributed by atoms with Crippen molar-refractivity contribution in [3.8, 4) is 11.3 Å². The van der Waals surface area contributed by atoms with Crippen LogP contribution in [-0.2, 0) is 9.47 Å². The Morgan fingerprint density at radius 1 is 1.30 bits per heavy atom. The average molecular weight is 388 g/mol. The van der Waals surface area contributed by atoms with Crippen molar-refractivity contribution >= 4 is 28.8 Å². The maximum atomic E-state index is 11.8. The van der Waals surface area contributed by atoms with Gasteiger partial charge in [0.05, 0.1) is 30.0 Å². The molecule has 0 spiro atoms. The van der Waals surface area contributed by atoms with Gasteiger partial charge in [-0.05, 0) is 20.8 Å². The number of hydrogen-bond donors (Lipinski definition) is 1. The summed E-state index contributed by atoms with van der Waals surface area (Å²) in [6.07, 6.45) is 1.03. The highest BCUT2D eigenvalue weighted by Gasteiger charge is 2.19. The van der Waals surface area contributed by atoms with Crippen LogP contribution in [0.1, 0.15) is 25.6 Å². The van der Waals surface area contributed by atoms with Crippen LogP contribution in [0.25, 0.3) is 11.3 Å². The summed E-state index contributed by atoms with van der Waals surface area (Å²) in [7, 11) is 0. The SMILES string of the molecule is CC(C)(C)OC(=O)N/N=C\c1sc(N2CCOCC2)nc1-c1ccccc1. The topological polar surface area (TPSA) is 76.0 Å². The fourth-order valence-corrected chi connectivity index (χ4v) is 3.56. The predicted octanol–water partition coefficient (Wildman–Crippen LogP) is 3.51. The Morgan fingerprint density at radius 2 is 2.00 bits per heavy atom. The van der Waals surface area contributed by atoms with E-state index in [-0.39, 0.29) is 0 Å². The van der Waals surface area contributed by atoms with Gasteiger partial charge in [0.1, 0.15) is 5.60 Å². The number of benzene rings is 1. The largest absolute Gasteiger partial charge is 0.443 e. The Morgan fingerprint density at radius 3 is 2.67 bits per heavy atom. The van der Waals surface area contributed by atoms with Gasteiger partial charge < -0.3 is 14.4 Å². The number of ether oxygens (including phenoxy) is 2. The monoisotopic (exact) mass is 388 g/mol. The van der Waals surface area contributed by atoms with E-state index >= 15 is 0 Å². The zero-order chi connectivity index (χ0) is 19.3. The van der Waals surface area contributed by atoms with Crippen molar-refractivity contribution in [1.82, 2.24) is 10.4 Å². The van der Waals surface area contributed by atoms with Gasteiger partial charge in [0.25, 0.3) is 0 Å². The highest BCUT2D eigenvalue weighted by Crippen LogP contribution is 2.32. The molecule has 2 heterocycles. The van der Waals surface area contributed by atoms with E-state index in [1.54, 1.807) is 17.6 Å². The summed E-state index contributed by atoms with van der Waals surface area (Å²) in [5.74, 6) is 0. The molecule has 1 aliphatic rings. The summed E-state index contributed by atoms with van der Waals surface area (Å²) in [4.78, 5) is 19.7. The Kier molecular flexibility index (Phi) is 6.08. The van der Waals surface area contributed by atoms with Crippen molar-refractivity contribution in [3.05, 3.63) is 35.2 Å². The third-order valence-corrected chi connectivity index (χ3v) is 4.76. The van der Waals surface area contributed by atoms with Crippen LogP contribution in [0, 0.1) is 0 Å². The Labute approximate surface area is 163 Å². The number of morpholine rings is 1. The van der Waals surface area contributed by atoms with Crippen molar-refractivity contribution < 1.29 is 14.3 Å². The molecule has 1 saturated heterocycles. The quantitative estimate of drug-likeness (QED) is 0.641. The second kappa shape index (κ2) is 8.49. The van der Waals surface area contributed by atoms with Gasteiger partial charge in [0, 0.05) is 18.7 Å². The second-order valence-corrected chi connectivity index (χ2v) is 8.06. The fourth-order valence-electron chi connectivity index (χ4n) is 2.54. The van der Waals surface area contributed by atoms with Gasteiger partial charge in [-0.3, -0.25) is 0 Å². The van der Waals surface area contributed by atoms with E-state index in [1.807, 2.05) is 51.1 Å². The van der Waals surface area contributed by atoms with Crippen LogP contribution in [0.4, 0.5) is 9.93 Å².